The zero-order valence-corrected chi connectivity index (χ0v) is 30.9. The second kappa shape index (κ2) is 13.3. The second-order valence-corrected chi connectivity index (χ2v) is 15.1. The van der Waals surface area contributed by atoms with Gasteiger partial charge in [0.1, 0.15) is 11.2 Å². The Morgan fingerprint density at radius 3 is 1.52 bits per heavy atom. The molecule has 5 heteroatoms. The van der Waals surface area contributed by atoms with Crippen molar-refractivity contribution in [3.63, 3.8) is 0 Å². The first-order chi connectivity index (χ1) is 27.7. The molecule has 11 rings (SSSR count). The van der Waals surface area contributed by atoms with E-state index in [1.807, 2.05) is 42.5 Å². The van der Waals surface area contributed by atoms with Crippen LogP contribution in [0.25, 0.3) is 110 Å². The molecule has 3 heterocycles. The van der Waals surface area contributed by atoms with Crippen LogP contribution in [0.5, 0.6) is 0 Å². The van der Waals surface area contributed by atoms with E-state index in [0.29, 0.717) is 17.5 Å². The van der Waals surface area contributed by atoms with Gasteiger partial charge in [-0.1, -0.05) is 133 Å². The average molecular weight is 734 g/mol. The lowest BCUT2D eigenvalue weighted by Gasteiger charge is -2.13. The molecular formula is C51H31N3OS. The summed E-state index contributed by atoms with van der Waals surface area (Å²) in [5.74, 6) is 1.87. The number of thiophene rings is 1. The summed E-state index contributed by atoms with van der Waals surface area (Å²) in [4.78, 5) is 15.7. The third kappa shape index (κ3) is 5.65. The van der Waals surface area contributed by atoms with Gasteiger partial charge in [0.15, 0.2) is 17.5 Å². The Labute approximate surface area is 327 Å². The number of aromatic nitrogens is 3. The average Bonchev–Trinajstić information content (AvgIpc) is 3.85. The molecule has 0 radical (unpaired) electrons. The van der Waals surface area contributed by atoms with E-state index in [4.69, 9.17) is 19.4 Å². The molecule has 0 N–H and O–H groups in total. The Kier molecular flexibility index (Phi) is 7.64. The summed E-state index contributed by atoms with van der Waals surface area (Å²) in [6.07, 6.45) is 0. The first-order valence-electron chi connectivity index (χ1n) is 18.7. The number of hydrogen-bond acceptors (Lipinski definition) is 5. The van der Waals surface area contributed by atoms with E-state index >= 15 is 0 Å². The minimum absolute atomic E-state index is 0.619. The van der Waals surface area contributed by atoms with Crippen LogP contribution in [0.1, 0.15) is 0 Å². The molecule has 262 valence electrons. The first kappa shape index (κ1) is 32.2. The predicted octanol–water partition coefficient (Wildman–Crippen LogP) is 14.1. The van der Waals surface area contributed by atoms with Crippen LogP contribution in [0.2, 0.25) is 0 Å². The lowest BCUT2D eigenvalue weighted by Crippen LogP contribution is -2.01. The third-order valence-electron chi connectivity index (χ3n) is 10.5. The topological polar surface area (TPSA) is 51.8 Å². The summed E-state index contributed by atoms with van der Waals surface area (Å²) in [6, 6.07) is 65.8. The highest BCUT2D eigenvalue weighted by atomic mass is 32.1. The van der Waals surface area contributed by atoms with Crippen molar-refractivity contribution in [1.29, 1.82) is 0 Å². The van der Waals surface area contributed by atoms with Gasteiger partial charge in [-0.25, -0.2) is 15.0 Å². The molecular weight excluding hydrogens is 703 g/mol. The monoisotopic (exact) mass is 733 g/mol. The molecule has 0 bridgehead atoms. The van der Waals surface area contributed by atoms with Crippen molar-refractivity contribution < 1.29 is 4.42 Å². The summed E-state index contributed by atoms with van der Waals surface area (Å²) >= 11 is 1.80. The molecule has 0 saturated heterocycles. The van der Waals surface area contributed by atoms with Gasteiger partial charge in [-0.2, -0.15) is 0 Å². The van der Waals surface area contributed by atoms with E-state index in [9.17, 15) is 0 Å². The van der Waals surface area contributed by atoms with Gasteiger partial charge in [0.05, 0.1) is 0 Å². The number of furan rings is 1. The minimum atomic E-state index is 0.619. The van der Waals surface area contributed by atoms with Crippen LogP contribution in [0.4, 0.5) is 0 Å². The van der Waals surface area contributed by atoms with Crippen molar-refractivity contribution in [2.24, 2.45) is 0 Å². The van der Waals surface area contributed by atoms with E-state index in [1.165, 1.54) is 20.2 Å². The zero-order valence-electron chi connectivity index (χ0n) is 30.1. The smallest absolute Gasteiger partial charge is 0.164 e. The summed E-state index contributed by atoms with van der Waals surface area (Å²) in [7, 11) is 0. The molecule has 0 aliphatic rings. The van der Waals surface area contributed by atoms with E-state index in [0.717, 1.165) is 72.0 Å². The van der Waals surface area contributed by atoms with Gasteiger partial charge < -0.3 is 4.42 Å². The fourth-order valence-electron chi connectivity index (χ4n) is 7.81. The van der Waals surface area contributed by atoms with Gasteiger partial charge in [0.2, 0.25) is 0 Å². The summed E-state index contributed by atoms with van der Waals surface area (Å²) in [6.45, 7) is 0. The summed E-state index contributed by atoms with van der Waals surface area (Å²) in [5.41, 5.74) is 11.2. The van der Waals surface area contributed by atoms with Gasteiger partial charge >= 0.3 is 0 Å². The van der Waals surface area contributed by atoms with Gasteiger partial charge in [-0.05, 0) is 88.0 Å². The quantitative estimate of drug-likeness (QED) is 0.171. The zero-order chi connectivity index (χ0) is 37.0. The Balaban J connectivity index is 1.16. The molecule has 0 aliphatic heterocycles. The van der Waals surface area contributed by atoms with Gasteiger partial charge in [-0.3, -0.25) is 0 Å². The van der Waals surface area contributed by atoms with Crippen LogP contribution in [-0.2, 0) is 0 Å². The van der Waals surface area contributed by atoms with Gasteiger partial charge in [-0.15, -0.1) is 11.3 Å². The largest absolute Gasteiger partial charge is 0.456 e. The van der Waals surface area contributed by atoms with Crippen LogP contribution >= 0.6 is 11.3 Å². The lowest BCUT2D eigenvalue weighted by atomic mass is 9.95. The molecule has 8 aromatic carbocycles. The maximum absolute atomic E-state index is 6.24. The molecule has 0 spiro atoms. The standard InChI is InChI=1S/C51H31N3OS/c1-4-14-32(15-5-1)36-26-37(33-16-6-2-7-17-33)28-38(27-36)50-52-49(34-18-8-3-9-19-34)53-51(54-50)39-30-42(48-41-21-11-13-23-46(41)56-47(48)31-39)35-24-25-45-43(29-35)40-20-10-12-22-44(40)55-45/h1-31H. The molecule has 0 saturated carbocycles. The van der Waals surface area contributed by atoms with Crippen molar-refractivity contribution in [2.75, 3.05) is 0 Å². The lowest BCUT2D eigenvalue weighted by molar-refractivity contribution is 0.669. The molecule has 0 unspecified atom stereocenters. The molecule has 0 atom stereocenters. The maximum Gasteiger partial charge on any atom is 0.164 e. The Hall–Kier alpha value is -7.21. The fraction of sp³-hybridized carbons (Fsp3) is 0. The van der Waals surface area contributed by atoms with E-state index in [1.54, 1.807) is 11.3 Å². The molecule has 0 amide bonds. The number of nitrogens with zero attached hydrogens (tertiary/aromatic N) is 3. The van der Waals surface area contributed by atoms with Crippen LogP contribution in [-0.4, -0.2) is 15.0 Å². The van der Waals surface area contributed by atoms with Crippen LogP contribution in [0, 0.1) is 0 Å². The fourth-order valence-corrected chi connectivity index (χ4v) is 8.98. The molecule has 0 aliphatic carbocycles. The molecule has 11 aromatic rings. The van der Waals surface area contributed by atoms with E-state index in [2.05, 4.69) is 146 Å². The molecule has 3 aromatic heterocycles. The number of benzene rings is 8. The first-order valence-corrected chi connectivity index (χ1v) is 19.5. The SMILES string of the molecule is c1ccc(-c2cc(-c3ccccc3)cc(-c3nc(-c4ccccc4)nc(-c4cc(-c5ccc6oc7ccccc7c6c5)c5c(c4)sc4ccccc45)n3)c2)cc1. The Morgan fingerprint density at radius 1 is 0.321 bits per heavy atom. The van der Waals surface area contributed by atoms with Crippen LogP contribution < -0.4 is 0 Å². The number of para-hydroxylation sites is 1. The number of hydrogen-bond donors (Lipinski definition) is 0. The highest BCUT2D eigenvalue weighted by molar-refractivity contribution is 7.26. The van der Waals surface area contributed by atoms with Gasteiger partial charge in [0.25, 0.3) is 0 Å². The third-order valence-corrected chi connectivity index (χ3v) is 11.6. The normalized spacial score (nSPS) is 11.6. The number of rotatable bonds is 6. The Bertz CT molecular complexity index is 3180. The van der Waals surface area contributed by atoms with Crippen molar-refractivity contribution in [3.05, 3.63) is 188 Å². The van der Waals surface area contributed by atoms with Crippen molar-refractivity contribution in [2.45, 2.75) is 0 Å². The van der Waals surface area contributed by atoms with Crippen molar-refractivity contribution in [3.8, 4) is 67.5 Å². The van der Waals surface area contributed by atoms with Crippen molar-refractivity contribution >= 4 is 53.4 Å². The predicted molar refractivity (Wildman–Crippen MR) is 233 cm³/mol. The van der Waals surface area contributed by atoms with Crippen LogP contribution in [0.15, 0.2) is 192 Å². The molecule has 4 nitrogen and oxygen atoms in total. The summed E-state index contributed by atoms with van der Waals surface area (Å²) < 4.78 is 8.65. The van der Waals surface area contributed by atoms with Crippen molar-refractivity contribution in [1.82, 2.24) is 15.0 Å². The summed E-state index contributed by atoms with van der Waals surface area (Å²) in [5, 5.41) is 4.66. The Morgan fingerprint density at radius 2 is 0.839 bits per heavy atom. The number of fused-ring (bicyclic) bond motifs is 6. The minimum Gasteiger partial charge on any atom is -0.456 e. The highest BCUT2D eigenvalue weighted by Crippen LogP contribution is 2.44. The highest BCUT2D eigenvalue weighted by Gasteiger charge is 2.19. The van der Waals surface area contributed by atoms with E-state index < -0.39 is 0 Å². The maximum atomic E-state index is 6.24. The van der Waals surface area contributed by atoms with Gasteiger partial charge in [0, 0.05) is 47.6 Å². The molecule has 56 heavy (non-hydrogen) atoms. The second-order valence-electron chi connectivity index (χ2n) is 14.0. The van der Waals surface area contributed by atoms with Crippen LogP contribution in [0.3, 0.4) is 0 Å². The molecule has 0 fully saturated rings. The van der Waals surface area contributed by atoms with E-state index in [-0.39, 0.29) is 0 Å².